The predicted octanol–water partition coefficient (Wildman–Crippen LogP) is 3.81. The van der Waals surface area contributed by atoms with Crippen LogP contribution in [-0.2, 0) is 6.54 Å². The summed E-state index contributed by atoms with van der Waals surface area (Å²) in [6.45, 7) is 6.74. The number of nitrogens with one attached hydrogen (secondary N) is 2. The predicted molar refractivity (Wildman–Crippen MR) is 78.1 cm³/mol. The highest BCUT2D eigenvalue weighted by atomic mass is 79.9. The number of amides is 2. The van der Waals surface area contributed by atoms with Crippen LogP contribution < -0.4 is 10.6 Å². The van der Waals surface area contributed by atoms with Gasteiger partial charge in [0.1, 0.15) is 0 Å². The lowest BCUT2D eigenvalue weighted by molar-refractivity contribution is 0.243. The van der Waals surface area contributed by atoms with Gasteiger partial charge in [0.2, 0.25) is 0 Å². The molecule has 0 bridgehead atoms. The van der Waals surface area contributed by atoms with Crippen molar-refractivity contribution in [2.24, 2.45) is 5.41 Å². The van der Waals surface area contributed by atoms with Crippen LogP contribution in [0.3, 0.4) is 0 Å². The Morgan fingerprint density at radius 2 is 1.89 bits per heavy atom. The first kappa shape index (κ1) is 14.8. The van der Waals surface area contributed by atoms with Crippen LogP contribution in [0.2, 0.25) is 0 Å². The molecule has 3 nitrogen and oxygen atoms in total. The van der Waals surface area contributed by atoms with Crippen molar-refractivity contribution in [3.63, 3.8) is 0 Å². The average Bonchev–Trinajstić information content (AvgIpc) is 2.26. The highest BCUT2D eigenvalue weighted by molar-refractivity contribution is 9.10. The summed E-state index contributed by atoms with van der Waals surface area (Å²) in [6, 6.07) is 7.64. The van der Waals surface area contributed by atoms with Crippen LogP contribution in [0.25, 0.3) is 0 Å². The Kier molecular flexibility index (Phi) is 5.41. The molecule has 0 saturated carbocycles. The Morgan fingerprint density at radius 1 is 1.28 bits per heavy atom. The van der Waals surface area contributed by atoms with E-state index in [4.69, 9.17) is 0 Å². The van der Waals surface area contributed by atoms with Crippen molar-refractivity contribution in [2.45, 2.75) is 27.3 Å². The maximum atomic E-state index is 11.5. The van der Waals surface area contributed by atoms with Gasteiger partial charge in [-0.15, -0.1) is 0 Å². The number of allylic oxidation sites excluding steroid dienone is 1. The van der Waals surface area contributed by atoms with Gasteiger partial charge in [0.05, 0.1) is 0 Å². The number of carbonyl (C=O) groups excluding carboxylic acids is 1. The van der Waals surface area contributed by atoms with Gasteiger partial charge < -0.3 is 10.6 Å². The molecule has 0 aromatic heterocycles. The summed E-state index contributed by atoms with van der Waals surface area (Å²) in [6.07, 6.45) is 3.63. The SMILES string of the molecule is CC(C)(C)/C=C/NC(=O)NCc1ccc(Br)cc1. The molecule has 0 saturated heterocycles. The molecule has 0 aliphatic rings. The zero-order valence-corrected chi connectivity index (χ0v) is 12.5. The van der Waals surface area contributed by atoms with Crippen molar-refractivity contribution in [3.05, 3.63) is 46.6 Å². The highest BCUT2D eigenvalue weighted by Crippen LogP contribution is 2.13. The minimum Gasteiger partial charge on any atom is -0.334 e. The van der Waals surface area contributed by atoms with E-state index in [-0.39, 0.29) is 11.4 Å². The Bertz CT molecular complexity index is 418. The number of halogens is 1. The molecular formula is C14H19BrN2O. The van der Waals surface area contributed by atoms with Gasteiger partial charge in [0.25, 0.3) is 0 Å². The number of benzene rings is 1. The molecule has 4 heteroatoms. The Morgan fingerprint density at radius 3 is 2.44 bits per heavy atom. The van der Waals surface area contributed by atoms with Gasteiger partial charge in [-0.1, -0.05) is 54.9 Å². The first-order valence-electron chi connectivity index (χ1n) is 5.83. The maximum absolute atomic E-state index is 11.5. The molecule has 98 valence electrons. The largest absolute Gasteiger partial charge is 0.334 e. The summed E-state index contributed by atoms with van der Waals surface area (Å²) in [7, 11) is 0. The number of hydrogen-bond acceptors (Lipinski definition) is 1. The molecule has 1 aromatic carbocycles. The van der Waals surface area contributed by atoms with E-state index in [0.29, 0.717) is 6.54 Å². The standard InChI is InChI=1S/C14H19BrN2O/c1-14(2,3)8-9-16-13(18)17-10-11-4-6-12(15)7-5-11/h4-9H,10H2,1-3H3,(H2,16,17,18)/b9-8+. The van der Waals surface area contributed by atoms with Gasteiger partial charge in [0, 0.05) is 17.2 Å². The molecule has 2 N–H and O–H groups in total. The molecular weight excluding hydrogens is 292 g/mol. The zero-order chi connectivity index (χ0) is 13.6. The molecule has 0 heterocycles. The molecule has 18 heavy (non-hydrogen) atoms. The van der Waals surface area contributed by atoms with E-state index in [1.165, 1.54) is 0 Å². The molecule has 0 aliphatic heterocycles. The quantitative estimate of drug-likeness (QED) is 0.875. The van der Waals surface area contributed by atoms with Crippen LogP contribution in [0.5, 0.6) is 0 Å². The Hall–Kier alpha value is -1.29. The van der Waals surface area contributed by atoms with Gasteiger partial charge in [0.15, 0.2) is 0 Å². The normalized spacial score (nSPS) is 11.6. The first-order chi connectivity index (χ1) is 8.37. The number of urea groups is 1. The number of carbonyl (C=O) groups is 1. The molecule has 0 atom stereocenters. The van der Waals surface area contributed by atoms with Gasteiger partial charge in [-0.25, -0.2) is 4.79 Å². The van der Waals surface area contributed by atoms with Crippen molar-refractivity contribution in [2.75, 3.05) is 0 Å². The molecule has 0 fully saturated rings. The molecule has 0 aliphatic carbocycles. The summed E-state index contributed by atoms with van der Waals surface area (Å²) in [5.74, 6) is 0. The second-order valence-electron chi connectivity index (χ2n) is 5.15. The lowest BCUT2D eigenvalue weighted by atomic mass is 9.97. The minimum atomic E-state index is -0.196. The third-order valence-electron chi connectivity index (χ3n) is 2.16. The molecule has 2 amide bonds. The third-order valence-corrected chi connectivity index (χ3v) is 2.69. The van der Waals surface area contributed by atoms with Crippen LogP contribution in [-0.4, -0.2) is 6.03 Å². The number of rotatable bonds is 3. The third kappa shape index (κ3) is 6.45. The smallest absolute Gasteiger partial charge is 0.319 e. The first-order valence-corrected chi connectivity index (χ1v) is 6.63. The van der Waals surface area contributed by atoms with Crippen molar-refractivity contribution < 1.29 is 4.79 Å². The van der Waals surface area contributed by atoms with E-state index in [0.717, 1.165) is 10.0 Å². The van der Waals surface area contributed by atoms with Crippen LogP contribution in [0, 0.1) is 5.41 Å². The van der Waals surface area contributed by atoms with Crippen molar-refractivity contribution in [1.82, 2.24) is 10.6 Å². The Balaban J connectivity index is 2.33. The van der Waals surface area contributed by atoms with Crippen LogP contribution in [0.15, 0.2) is 41.0 Å². The van der Waals surface area contributed by atoms with Crippen LogP contribution >= 0.6 is 15.9 Å². The van der Waals surface area contributed by atoms with E-state index < -0.39 is 0 Å². The fourth-order valence-electron chi connectivity index (χ4n) is 1.20. The van der Waals surface area contributed by atoms with E-state index in [1.54, 1.807) is 6.20 Å². The van der Waals surface area contributed by atoms with Gasteiger partial charge in [-0.2, -0.15) is 0 Å². The van der Waals surface area contributed by atoms with E-state index in [9.17, 15) is 4.79 Å². The van der Waals surface area contributed by atoms with Crippen molar-refractivity contribution >= 4 is 22.0 Å². The van der Waals surface area contributed by atoms with Crippen LogP contribution in [0.1, 0.15) is 26.3 Å². The fourth-order valence-corrected chi connectivity index (χ4v) is 1.47. The molecule has 1 rings (SSSR count). The minimum absolute atomic E-state index is 0.0684. The zero-order valence-electron chi connectivity index (χ0n) is 11.0. The molecule has 1 aromatic rings. The topological polar surface area (TPSA) is 41.1 Å². The van der Waals surface area contributed by atoms with Crippen molar-refractivity contribution in [1.29, 1.82) is 0 Å². The maximum Gasteiger partial charge on any atom is 0.319 e. The van der Waals surface area contributed by atoms with E-state index in [1.807, 2.05) is 30.3 Å². The Labute approximate surface area is 117 Å². The second-order valence-corrected chi connectivity index (χ2v) is 6.07. The van der Waals surface area contributed by atoms with Gasteiger partial charge in [-0.3, -0.25) is 0 Å². The summed E-state index contributed by atoms with van der Waals surface area (Å²) in [4.78, 5) is 11.5. The molecule has 0 radical (unpaired) electrons. The monoisotopic (exact) mass is 310 g/mol. The lowest BCUT2D eigenvalue weighted by Crippen LogP contribution is -2.31. The van der Waals surface area contributed by atoms with Crippen molar-refractivity contribution in [3.8, 4) is 0 Å². The van der Waals surface area contributed by atoms with Gasteiger partial charge >= 0.3 is 6.03 Å². The average molecular weight is 311 g/mol. The molecule has 0 unspecified atom stereocenters. The summed E-state index contributed by atoms with van der Waals surface area (Å²) < 4.78 is 1.03. The van der Waals surface area contributed by atoms with E-state index >= 15 is 0 Å². The molecule has 0 spiro atoms. The highest BCUT2D eigenvalue weighted by Gasteiger charge is 2.04. The van der Waals surface area contributed by atoms with E-state index in [2.05, 4.69) is 47.3 Å². The fraction of sp³-hybridized carbons (Fsp3) is 0.357. The lowest BCUT2D eigenvalue weighted by Gasteiger charge is -2.11. The van der Waals surface area contributed by atoms with Crippen LogP contribution in [0.4, 0.5) is 4.79 Å². The summed E-state index contributed by atoms with van der Waals surface area (Å²) in [5.41, 5.74) is 1.13. The summed E-state index contributed by atoms with van der Waals surface area (Å²) in [5, 5.41) is 5.47. The summed E-state index contributed by atoms with van der Waals surface area (Å²) >= 11 is 3.37. The van der Waals surface area contributed by atoms with Gasteiger partial charge in [-0.05, 0) is 23.1 Å². The second kappa shape index (κ2) is 6.59. The number of hydrogen-bond donors (Lipinski definition) is 2.